The van der Waals surface area contributed by atoms with Crippen LogP contribution in [-0.2, 0) is 16.0 Å². The van der Waals surface area contributed by atoms with Crippen LogP contribution >= 0.6 is 22.6 Å². The van der Waals surface area contributed by atoms with E-state index in [1.807, 2.05) is 49.4 Å². The number of benzene rings is 2. The minimum atomic E-state index is -0.808. The molecule has 5 nitrogen and oxygen atoms in total. The number of amides is 2. The van der Waals surface area contributed by atoms with E-state index in [9.17, 15) is 9.59 Å². The van der Waals surface area contributed by atoms with Crippen LogP contribution in [-0.4, -0.2) is 18.0 Å². The maximum absolute atomic E-state index is 11.9. The fourth-order valence-electron chi connectivity index (χ4n) is 1.89. The van der Waals surface area contributed by atoms with E-state index >= 15 is 0 Å². The number of hydrogen-bond donors (Lipinski definition) is 2. The second kappa shape index (κ2) is 8.42. The van der Waals surface area contributed by atoms with Crippen LogP contribution in [0.2, 0.25) is 0 Å². The Bertz CT molecular complexity index is 727. The first-order valence-electron chi connectivity index (χ1n) is 7.08. The number of aryl methyl sites for hydroxylation is 1. The third-order valence-electron chi connectivity index (χ3n) is 3.10. The van der Waals surface area contributed by atoms with Crippen molar-refractivity contribution in [2.75, 3.05) is 5.32 Å². The van der Waals surface area contributed by atoms with Crippen LogP contribution in [0.15, 0.2) is 53.6 Å². The molecule has 0 spiro atoms. The number of hydrazone groups is 1. The predicted octanol–water partition coefficient (Wildman–Crippen LogP) is 2.94. The van der Waals surface area contributed by atoms with E-state index in [1.165, 1.54) is 6.21 Å². The molecule has 0 atom stereocenters. The number of carbonyl (C=O) groups excluding carboxylic acids is 2. The first-order valence-corrected chi connectivity index (χ1v) is 8.16. The lowest BCUT2D eigenvalue weighted by molar-refractivity contribution is -0.136. The number of rotatable bonds is 4. The van der Waals surface area contributed by atoms with Gasteiger partial charge in [0.2, 0.25) is 0 Å². The molecule has 0 radical (unpaired) electrons. The van der Waals surface area contributed by atoms with Gasteiger partial charge in [-0.05, 0) is 58.3 Å². The van der Waals surface area contributed by atoms with E-state index in [0.717, 1.165) is 21.1 Å². The number of nitrogens with one attached hydrogen (secondary N) is 2. The Morgan fingerprint density at radius 2 is 1.78 bits per heavy atom. The SMILES string of the molecule is CCc1ccccc1NC(=O)C(=O)N/N=C\c1ccc(I)cc1. The third kappa shape index (κ3) is 5.17. The Balaban J connectivity index is 1.92. The quantitative estimate of drug-likeness (QED) is 0.345. The lowest BCUT2D eigenvalue weighted by Crippen LogP contribution is -2.32. The van der Waals surface area contributed by atoms with E-state index in [1.54, 1.807) is 6.07 Å². The summed E-state index contributed by atoms with van der Waals surface area (Å²) in [5.41, 5.74) is 4.66. The van der Waals surface area contributed by atoms with Gasteiger partial charge >= 0.3 is 11.8 Å². The molecular formula is C17H16IN3O2. The van der Waals surface area contributed by atoms with Gasteiger partial charge in [0.1, 0.15) is 0 Å². The molecule has 2 amide bonds. The van der Waals surface area contributed by atoms with E-state index in [2.05, 4.69) is 38.4 Å². The Labute approximate surface area is 148 Å². The highest BCUT2D eigenvalue weighted by Crippen LogP contribution is 2.15. The van der Waals surface area contributed by atoms with Crippen LogP contribution in [0.3, 0.4) is 0 Å². The van der Waals surface area contributed by atoms with Gasteiger partial charge in [0.25, 0.3) is 0 Å². The minimum absolute atomic E-state index is 0.636. The number of halogens is 1. The first-order chi connectivity index (χ1) is 11.1. The number of anilines is 1. The van der Waals surface area contributed by atoms with Gasteiger partial charge in [-0.3, -0.25) is 9.59 Å². The molecule has 2 N–H and O–H groups in total. The number of para-hydroxylation sites is 1. The zero-order chi connectivity index (χ0) is 16.7. The summed E-state index contributed by atoms with van der Waals surface area (Å²) in [5.74, 6) is -1.55. The molecule has 0 unspecified atom stereocenters. The topological polar surface area (TPSA) is 70.6 Å². The van der Waals surface area contributed by atoms with Crippen LogP contribution < -0.4 is 10.7 Å². The normalized spacial score (nSPS) is 10.5. The first kappa shape index (κ1) is 17.1. The van der Waals surface area contributed by atoms with Gasteiger partial charge in [0.15, 0.2) is 0 Å². The molecule has 0 heterocycles. The summed E-state index contributed by atoms with van der Waals surface area (Å²) < 4.78 is 1.11. The van der Waals surface area contributed by atoms with Crippen molar-refractivity contribution in [3.05, 3.63) is 63.2 Å². The summed E-state index contributed by atoms with van der Waals surface area (Å²) >= 11 is 2.20. The molecule has 2 rings (SSSR count). The van der Waals surface area contributed by atoms with Crippen molar-refractivity contribution in [2.24, 2.45) is 5.10 Å². The molecule has 0 fully saturated rings. The monoisotopic (exact) mass is 421 g/mol. The molecule has 0 aliphatic rings. The molecule has 6 heteroatoms. The fourth-order valence-corrected chi connectivity index (χ4v) is 2.25. The van der Waals surface area contributed by atoms with Crippen molar-refractivity contribution in [2.45, 2.75) is 13.3 Å². The van der Waals surface area contributed by atoms with Crippen molar-refractivity contribution in [3.8, 4) is 0 Å². The summed E-state index contributed by atoms with van der Waals surface area (Å²) in [4.78, 5) is 23.6. The summed E-state index contributed by atoms with van der Waals surface area (Å²) in [6.07, 6.45) is 2.25. The van der Waals surface area contributed by atoms with Crippen molar-refractivity contribution in [1.29, 1.82) is 0 Å². The molecule has 0 saturated carbocycles. The predicted molar refractivity (Wildman–Crippen MR) is 99.3 cm³/mol. The molecule has 0 aromatic heterocycles. The van der Waals surface area contributed by atoms with E-state index < -0.39 is 11.8 Å². The van der Waals surface area contributed by atoms with Crippen LogP contribution in [0.5, 0.6) is 0 Å². The minimum Gasteiger partial charge on any atom is -0.317 e. The standard InChI is InChI=1S/C17H16IN3O2/c1-2-13-5-3-4-6-15(13)20-16(22)17(23)21-19-11-12-7-9-14(18)10-8-12/h3-11H,2H2,1H3,(H,20,22)(H,21,23)/b19-11-. The number of nitrogens with zero attached hydrogens (tertiary/aromatic N) is 1. The summed E-state index contributed by atoms with van der Waals surface area (Å²) in [6, 6.07) is 15.0. The fraction of sp³-hybridized carbons (Fsp3) is 0.118. The number of hydrogen-bond acceptors (Lipinski definition) is 3. The maximum Gasteiger partial charge on any atom is 0.329 e. The zero-order valence-electron chi connectivity index (χ0n) is 12.5. The smallest absolute Gasteiger partial charge is 0.317 e. The van der Waals surface area contributed by atoms with Gasteiger partial charge in [-0.1, -0.05) is 37.3 Å². The van der Waals surface area contributed by atoms with E-state index in [4.69, 9.17) is 0 Å². The second-order valence-electron chi connectivity index (χ2n) is 4.72. The van der Waals surface area contributed by atoms with Crippen LogP contribution in [0.1, 0.15) is 18.1 Å². The summed E-state index contributed by atoms with van der Waals surface area (Å²) in [5, 5.41) is 6.38. The molecular weight excluding hydrogens is 405 g/mol. The maximum atomic E-state index is 11.9. The molecule has 118 valence electrons. The zero-order valence-corrected chi connectivity index (χ0v) is 14.7. The van der Waals surface area contributed by atoms with Crippen molar-refractivity contribution >= 4 is 46.3 Å². The van der Waals surface area contributed by atoms with Gasteiger partial charge in [-0.2, -0.15) is 5.10 Å². The Hall–Kier alpha value is -2.22. The lowest BCUT2D eigenvalue weighted by atomic mass is 10.1. The van der Waals surface area contributed by atoms with Gasteiger partial charge < -0.3 is 5.32 Å². The molecule has 0 aliphatic carbocycles. The molecule has 2 aromatic carbocycles. The molecule has 23 heavy (non-hydrogen) atoms. The second-order valence-corrected chi connectivity index (χ2v) is 5.96. The highest BCUT2D eigenvalue weighted by Gasteiger charge is 2.14. The number of carbonyl (C=O) groups is 2. The third-order valence-corrected chi connectivity index (χ3v) is 3.82. The lowest BCUT2D eigenvalue weighted by Gasteiger charge is -2.08. The van der Waals surface area contributed by atoms with Gasteiger partial charge in [0, 0.05) is 9.26 Å². The van der Waals surface area contributed by atoms with Gasteiger partial charge in [-0.15, -0.1) is 0 Å². The van der Waals surface area contributed by atoms with Crippen LogP contribution in [0.25, 0.3) is 0 Å². The van der Waals surface area contributed by atoms with E-state index in [0.29, 0.717) is 5.69 Å². The van der Waals surface area contributed by atoms with Crippen molar-refractivity contribution in [1.82, 2.24) is 5.43 Å². The highest BCUT2D eigenvalue weighted by molar-refractivity contribution is 14.1. The van der Waals surface area contributed by atoms with Crippen molar-refractivity contribution < 1.29 is 9.59 Å². The van der Waals surface area contributed by atoms with Crippen LogP contribution in [0, 0.1) is 3.57 Å². The molecule has 2 aromatic rings. The van der Waals surface area contributed by atoms with Crippen molar-refractivity contribution in [3.63, 3.8) is 0 Å². The molecule has 0 aliphatic heterocycles. The van der Waals surface area contributed by atoms with Crippen LogP contribution in [0.4, 0.5) is 5.69 Å². The van der Waals surface area contributed by atoms with Gasteiger partial charge in [0.05, 0.1) is 6.21 Å². The Kier molecular flexibility index (Phi) is 6.28. The summed E-state index contributed by atoms with van der Waals surface area (Å²) in [6.45, 7) is 1.98. The van der Waals surface area contributed by atoms with Gasteiger partial charge in [-0.25, -0.2) is 5.43 Å². The molecule has 0 saturated heterocycles. The largest absolute Gasteiger partial charge is 0.329 e. The Morgan fingerprint density at radius 1 is 1.09 bits per heavy atom. The van der Waals surface area contributed by atoms with E-state index in [-0.39, 0.29) is 0 Å². The summed E-state index contributed by atoms with van der Waals surface area (Å²) in [7, 11) is 0. The molecule has 0 bridgehead atoms. The Morgan fingerprint density at radius 3 is 2.48 bits per heavy atom. The average molecular weight is 421 g/mol. The average Bonchev–Trinajstić information content (AvgIpc) is 2.57. The highest BCUT2D eigenvalue weighted by atomic mass is 127.